The maximum absolute atomic E-state index is 12.7. The molecule has 0 fully saturated rings. The van der Waals surface area contributed by atoms with Crippen LogP contribution in [0, 0.1) is 6.92 Å². The standard InChI is InChI=1S/C20H22N2O5S/c1-12-5-6-15(20(24)27-3)11-17(12)21-19(23)14-7-8-18-16(10-14)9-13(2)22(18)28(4,25)26/h5-8,10-11,13H,9H2,1-4H3,(H,21,23)/t13-/m1/s1. The van der Waals surface area contributed by atoms with Crippen molar-refractivity contribution in [3.05, 3.63) is 58.7 Å². The van der Waals surface area contributed by atoms with Crippen LogP contribution < -0.4 is 9.62 Å². The minimum absolute atomic E-state index is 0.192. The van der Waals surface area contributed by atoms with Crippen molar-refractivity contribution >= 4 is 33.3 Å². The highest BCUT2D eigenvalue weighted by molar-refractivity contribution is 7.92. The van der Waals surface area contributed by atoms with E-state index in [4.69, 9.17) is 4.74 Å². The first-order valence-electron chi connectivity index (χ1n) is 8.74. The average Bonchev–Trinajstić information content (AvgIpc) is 2.97. The summed E-state index contributed by atoms with van der Waals surface area (Å²) in [6.07, 6.45) is 1.72. The predicted molar refractivity (Wildman–Crippen MR) is 107 cm³/mol. The Kier molecular flexibility index (Phi) is 5.16. The number of aryl methyl sites for hydroxylation is 1. The molecule has 0 radical (unpaired) electrons. The first kappa shape index (κ1) is 19.9. The van der Waals surface area contributed by atoms with Crippen molar-refractivity contribution in [2.45, 2.75) is 26.3 Å². The molecule has 1 amide bonds. The lowest BCUT2D eigenvalue weighted by atomic mass is 10.1. The SMILES string of the molecule is COC(=O)c1ccc(C)c(NC(=O)c2ccc3c(c2)C[C@@H](C)N3S(C)(=O)=O)c1. The molecular formula is C20H22N2O5S. The molecule has 1 heterocycles. The summed E-state index contributed by atoms with van der Waals surface area (Å²) in [5.74, 6) is -0.818. The van der Waals surface area contributed by atoms with E-state index in [1.807, 2.05) is 13.8 Å². The second-order valence-electron chi connectivity index (χ2n) is 6.93. The summed E-state index contributed by atoms with van der Waals surface area (Å²) in [4.78, 5) is 24.4. The van der Waals surface area contributed by atoms with Crippen molar-refractivity contribution in [1.82, 2.24) is 0 Å². The number of hydrogen-bond acceptors (Lipinski definition) is 5. The Bertz CT molecular complexity index is 1060. The molecule has 2 aromatic carbocycles. The highest BCUT2D eigenvalue weighted by Gasteiger charge is 2.32. The summed E-state index contributed by atoms with van der Waals surface area (Å²) in [6.45, 7) is 3.66. The second-order valence-corrected chi connectivity index (χ2v) is 8.79. The molecule has 28 heavy (non-hydrogen) atoms. The molecule has 0 aromatic heterocycles. The normalized spacial score (nSPS) is 15.9. The monoisotopic (exact) mass is 402 g/mol. The number of nitrogens with zero attached hydrogens (tertiary/aromatic N) is 1. The number of ether oxygens (including phenoxy) is 1. The van der Waals surface area contributed by atoms with Crippen LogP contribution in [0.1, 0.15) is 38.8 Å². The molecule has 0 unspecified atom stereocenters. The zero-order valence-electron chi connectivity index (χ0n) is 16.1. The lowest BCUT2D eigenvalue weighted by Crippen LogP contribution is -2.34. The summed E-state index contributed by atoms with van der Waals surface area (Å²) in [5, 5.41) is 2.81. The number of nitrogens with one attached hydrogen (secondary N) is 1. The first-order chi connectivity index (χ1) is 13.1. The topological polar surface area (TPSA) is 92.8 Å². The number of fused-ring (bicyclic) bond motifs is 1. The second kappa shape index (κ2) is 7.27. The van der Waals surface area contributed by atoms with Gasteiger partial charge >= 0.3 is 5.97 Å². The van der Waals surface area contributed by atoms with Gasteiger partial charge in [-0.15, -0.1) is 0 Å². The van der Waals surface area contributed by atoms with Crippen LogP contribution in [-0.2, 0) is 21.2 Å². The van der Waals surface area contributed by atoms with E-state index in [-0.39, 0.29) is 11.9 Å². The Morgan fingerprint density at radius 1 is 1.14 bits per heavy atom. The summed E-state index contributed by atoms with van der Waals surface area (Å²) in [7, 11) is -2.08. The van der Waals surface area contributed by atoms with Crippen LogP contribution in [0.2, 0.25) is 0 Å². The van der Waals surface area contributed by atoms with Crippen LogP contribution in [0.15, 0.2) is 36.4 Å². The molecule has 1 N–H and O–H groups in total. The molecule has 8 heteroatoms. The average molecular weight is 402 g/mol. The quantitative estimate of drug-likeness (QED) is 0.794. The number of sulfonamides is 1. The smallest absolute Gasteiger partial charge is 0.337 e. The van der Waals surface area contributed by atoms with E-state index in [2.05, 4.69) is 5.32 Å². The van der Waals surface area contributed by atoms with Gasteiger partial charge in [-0.1, -0.05) is 6.07 Å². The van der Waals surface area contributed by atoms with Crippen LogP contribution in [0.4, 0.5) is 11.4 Å². The van der Waals surface area contributed by atoms with Gasteiger partial charge in [0.1, 0.15) is 0 Å². The van der Waals surface area contributed by atoms with E-state index in [1.165, 1.54) is 17.7 Å². The third-order valence-electron chi connectivity index (χ3n) is 4.76. The molecule has 0 saturated carbocycles. The van der Waals surface area contributed by atoms with E-state index in [9.17, 15) is 18.0 Å². The molecule has 3 rings (SSSR count). The minimum Gasteiger partial charge on any atom is -0.465 e. The zero-order valence-corrected chi connectivity index (χ0v) is 17.0. The number of anilines is 2. The van der Waals surface area contributed by atoms with Crippen molar-refractivity contribution in [2.75, 3.05) is 23.0 Å². The lowest BCUT2D eigenvalue weighted by Gasteiger charge is -2.21. The molecule has 0 aliphatic carbocycles. The van der Waals surface area contributed by atoms with Crippen LogP contribution >= 0.6 is 0 Å². The van der Waals surface area contributed by atoms with Gasteiger partial charge in [-0.05, 0) is 61.7 Å². The van der Waals surface area contributed by atoms with Gasteiger partial charge in [-0.3, -0.25) is 9.10 Å². The number of esters is 1. The molecule has 2 aromatic rings. The Morgan fingerprint density at radius 3 is 2.46 bits per heavy atom. The maximum atomic E-state index is 12.7. The largest absolute Gasteiger partial charge is 0.465 e. The number of benzene rings is 2. The highest BCUT2D eigenvalue weighted by Crippen LogP contribution is 2.34. The van der Waals surface area contributed by atoms with Crippen LogP contribution in [-0.4, -0.2) is 39.7 Å². The molecule has 1 aliphatic rings. The van der Waals surface area contributed by atoms with Crippen molar-refractivity contribution in [1.29, 1.82) is 0 Å². The van der Waals surface area contributed by atoms with E-state index < -0.39 is 16.0 Å². The van der Waals surface area contributed by atoms with Gasteiger partial charge in [0.25, 0.3) is 5.91 Å². The Morgan fingerprint density at radius 2 is 1.82 bits per heavy atom. The number of hydrogen-bond donors (Lipinski definition) is 1. The van der Waals surface area contributed by atoms with Crippen molar-refractivity contribution in [3.8, 4) is 0 Å². The van der Waals surface area contributed by atoms with Gasteiger partial charge < -0.3 is 10.1 Å². The van der Waals surface area contributed by atoms with E-state index >= 15 is 0 Å². The number of methoxy groups -OCH3 is 1. The molecule has 148 valence electrons. The van der Waals surface area contributed by atoms with Crippen LogP contribution in [0.3, 0.4) is 0 Å². The number of carbonyl (C=O) groups excluding carboxylic acids is 2. The van der Waals surface area contributed by atoms with Crippen LogP contribution in [0.5, 0.6) is 0 Å². The predicted octanol–water partition coefficient (Wildman–Crippen LogP) is 2.74. The third kappa shape index (κ3) is 3.73. The lowest BCUT2D eigenvalue weighted by molar-refractivity contribution is 0.0600. The van der Waals surface area contributed by atoms with Crippen molar-refractivity contribution in [2.24, 2.45) is 0 Å². The summed E-state index contributed by atoms with van der Waals surface area (Å²) < 4.78 is 30.1. The molecule has 0 bridgehead atoms. The fourth-order valence-corrected chi connectivity index (χ4v) is 4.71. The molecule has 1 atom stereocenters. The van der Waals surface area contributed by atoms with Crippen LogP contribution in [0.25, 0.3) is 0 Å². The Labute approximate surface area is 164 Å². The first-order valence-corrected chi connectivity index (χ1v) is 10.6. The molecule has 0 saturated heterocycles. The van der Waals surface area contributed by atoms with Gasteiger partial charge in [-0.2, -0.15) is 0 Å². The van der Waals surface area contributed by atoms with Crippen molar-refractivity contribution in [3.63, 3.8) is 0 Å². The van der Waals surface area contributed by atoms with Gasteiger partial charge in [0.2, 0.25) is 10.0 Å². The fourth-order valence-electron chi connectivity index (χ4n) is 3.45. The van der Waals surface area contributed by atoms with Gasteiger partial charge in [0, 0.05) is 17.3 Å². The summed E-state index contributed by atoms with van der Waals surface area (Å²) >= 11 is 0. The molecule has 0 spiro atoms. The fraction of sp³-hybridized carbons (Fsp3) is 0.300. The third-order valence-corrected chi connectivity index (χ3v) is 6.03. The number of rotatable bonds is 4. The summed E-state index contributed by atoms with van der Waals surface area (Å²) in [5.41, 5.74) is 3.50. The van der Waals surface area contributed by atoms with Gasteiger partial charge in [0.05, 0.1) is 24.6 Å². The van der Waals surface area contributed by atoms with E-state index in [1.54, 1.807) is 36.4 Å². The molecular weight excluding hydrogens is 380 g/mol. The Hall–Kier alpha value is -2.87. The van der Waals surface area contributed by atoms with Gasteiger partial charge in [-0.25, -0.2) is 13.2 Å². The molecule has 7 nitrogen and oxygen atoms in total. The van der Waals surface area contributed by atoms with Gasteiger partial charge in [0.15, 0.2) is 0 Å². The number of carbonyl (C=O) groups is 2. The highest BCUT2D eigenvalue weighted by atomic mass is 32.2. The van der Waals surface area contributed by atoms with E-state index in [0.717, 1.165) is 11.1 Å². The Balaban J connectivity index is 1.88. The molecule has 1 aliphatic heterocycles. The zero-order chi connectivity index (χ0) is 20.6. The summed E-state index contributed by atoms with van der Waals surface area (Å²) in [6, 6.07) is 9.72. The maximum Gasteiger partial charge on any atom is 0.337 e. The number of amides is 1. The minimum atomic E-state index is -3.38. The van der Waals surface area contributed by atoms with E-state index in [0.29, 0.717) is 28.9 Å². The van der Waals surface area contributed by atoms with Crippen molar-refractivity contribution < 1.29 is 22.7 Å².